The lowest BCUT2D eigenvalue weighted by atomic mass is 10.1. The fourth-order valence-corrected chi connectivity index (χ4v) is 8.43. The molecule has 6 nitrogen and oxygen atoms in total. The minimum absolute atomic E-state index is 0.0836. The number of fused-ring (bicyclic) bond motifs is 11. The average molecular weight is 660 g/mol. The van der Waals surface area contributed by atoms with Crippen LogP contribution in [0.25, 0.3) is 71.2 Å². The summed E-state index contributed by atoms with van der Waals surface area (Å²) in [6, 6.07) is 58.2. The summed E-state index contributed by atoms with van der Waals surface area (Å²) < 4.78 is 11.6. The van der Waals surface area contributed by atoms with Crippen molar-refractivity contribution in [3.05, 3.63) is 175 Å². The molecule has 7 aromatic carbocycles. The van der Waals surface area contributed by atoms with E-state index >= 15 is 0 Å². The highest BCUT2D eigenvalue weighted by Crippen LogP contribution is 2.45. The first kappa shape index (κ1) is 28.6. The number of hydrogen-bond acceptors (Lipinski definition) is 4. The zero-order chi connectivity index (χ0) is 33.5. The molecule has 2 atom stereocenters. The summed E-state index contributed by atoms with van der Waals surface area (Å²) in [7, 11) is 0. The van der Waals surface area contributed by atoms with Crippen LogP contribution >= 0.6 is 0 Å². The molecule has 0 saturated carbocycles. The minimum atomic E-state index is -0.224. The van der Waals surface area contributed by atoms with Crippen molar-refractivity contribution in [3.63, 3.8) is 0 Å². The van der Waals surface area contributed by atoms with Gasteiger partial charge in [-0.1, -0.05) is 115 Å². The van der Waals surface area contributed by atoms with Crippen LogP contribution < -0.4 is 16.0 Å². The van der Waals surface area contributed by atoms with Crippen LogP contribution in [0.15, 0.2) is 168 Å². The fourth-order valence-electron chi connectivity index (χ4n) is 8.43. The number of aromatic nitrogens is 2. The molecule has 3 N–H and O–H groups in total. The molecule has 10 aromatic rings. The second kappa shape index (κ2) is 11.2. The van der Waals surface area contributed by atoms with Gasteiger partial charge in [0, 0.05) is 32.6 Å². The number of rotatable bonds is 4. The van der Waals surface area contributed by atoms with Gasteiger partial charge in [-0.2, -0.15) is 0 Å². The van der Waals surface area contributed by atoms with Crippen molar-refractivity contribution in [1.82, 2.24) is 25.1 Å². The quantitative estimate of drug-likeness (QED) is 0.176. The molecule has 4 heterocycles. The third-order valence-electron chi connectivity index (χ3n) is 10.6. The van der Waals surface area contributed by atoms with E-state index in [9.17, 15) is 0 Å². The van der Waals surface area contributed by atoms with Crippen molar-refractivity contribution in [2.75, 3.05) is 0 Å². The van der Waals surface area contributed by atoms with Gasteiger partial charge in [0.15, 0.2) is 0 Å². The van der Waals surface area contributed by atoms with Gasteiger partial charge in [0.2, 0.25) is 0 Å². The van der Waals surface area contributed by atoms with Crippen LogP contribution in [0.2, 0.25) is 0 Å². The Hall–Kier alpha value is -6.18. The molecule has 244 valence electrons. The second-order valence-corrected chi connectivity index (χ2v) is 13.4. The zero-order valence-corrected chi connectivity index (χ0v) is 27.6. The molecule has 11 rings (SSSR count). The maximum Gasteiger partial charge on any atom is 0.145 e. The van der Waals surface area contributed by atoms with Crippen LogP contribution in [0, 0.1) is 0 Å². The van der Waals surface area contributed by atoms with Crippen molar-refractivity contribution in [2.45, 2.75) is 18.6 Å². The second-order valence-electron chi connectivity index (χ2n) is 13.4. The van der Waals surface area contributed by atoms with Crippen LogP contribution in [0.3, 0.4) is 0 Å². The Balaban J connectivity index is 1.22. The van der Waals surface area contributed by atoms with E-state index in [0.29, 0.717) is 0 Å². The highest BCUT2D eigenvalue weighted by molar-refractivity contribution is 6.30. The van der Waals surface area contributed by atoms with Crippen molar-refractivity contribution in [2.24, 2.45) is 0 Å². The summed E-state index contributed by atoms with van der Waals surface area (Å²) in [4.78, 5) is 0. The van der Waals surface area contributed by atoms with Gasteiger partial charge in [0.1, 0.15) is 17.5 Å². The van der Waals surface area contributed by atoms with Gasteiger partial charge in [-0.25, -0.2) is 0 Å². The molecule has 3 aromatic heterocycles. The van der Waals surface area contributed by atoms with Crippen LogP contribution in [0.1, 0.15) is 29.7 Å². The number of benzene rings is 7. The van der Waals surface area contributed by atoms with Gasteiger partial charge in [0.05, 0.1) is 39.8 Å². The third-order valence-corrected chi connectivity index (χ3v) is 10.6. The third kappa shape index (κ3) is 4.28. The summed E-state index contributed by atoms with van der Waals surface area (Å²) >= 11 is 0. The molecular weight excluding hydrogens is 627 g/mol. The molecule has 6 heteroatoms. The maximum atomic E-state index is 6.69. The normalized spacial score (nSPS) is 18.2. The van der Waals surface area contributed by atoms with E-state index in [4.69, 9.17) is 4.42 Å². The zero-order valence-electron chi connectivity index (χ0n) is 27.6. The predicted octanol–water partition coefficient (Wildman–Crippen LogP) is 10.4. The first-order valence-electron chi connectivity index (χ1n) is 17.6. The van der Waals surface area contributed by atoms with Crippen LogP contribution in [0.5, 0.6) is 0 Å². The van der Waals surface area contributed by atoms with E-state index in [1.807, 2.05) is 6.07 Å². The van der Waals surface area contributed by atoms with Crippen molar-refractivity contribution in [3.8, 4) is 5.69 Å². The minimum Gasteiger partial charge on any atom is -0.455 e. The van der Waals surface area contributed by atoms with Gasteiger partial charge in [-0.05, 0) is 59.7 Å². The first-order chi connectivity index (χ1) is 25.3. The number of nitrogens with one attached hydrogen (secondary N) is 3. The molecule has 0 amide bonds. The molecule has 0 radical (unpaired) electrons. The van der Waals surface area contributed by atoms with E-state index in [2.05, 4.69) is 183 Å². The lowest BCUT2D eigenvalue weighted by molar-refractivity contribution is 0.161. The molecule has 0 aliphatic carbocycles. The summed E-state index contributed by atoms with van der Waals surface area (Å²) in [5.74, 6) is 0. The van der Waals surface area contributed by atoms with E-state index in [-0.39, 0.29) is 18.6 Å². The summed E-state index contributed by atoms with van der Waals surface area (Å²) in [5.41, 5.74) is 9.92. The molecular formula is C45H33N5O. The highest BCUT2D eigenvalue weighted by atomic mass is 16.3. The smallest absolute Gasteiger partial charge is 0.145 e. The molecule has 1 saturated heterocycles. The van der Waals surface area contributed by atoms with Crippen molar-refractivity contribution >= 4 is 65.6 Å². The van der Waals surface area contributed by atoms with Gasteiger partial charge in [-0.15, -0.1) is 0 Å². The Bertz CT molecular complexity index is 2860. The van der Waals surface area contributed by atoms with Crippen LogP contribution in [-0.4, -0.2) is 9.13 Å². The van der Waals surface area contributed by atoms with E-state index < -0.39 is 0 Å². The average Bonchev–Trinajstić information content (AvgIpc) is 3.86. The summed E-state index contributed by atoms with van der Waals surface area (Å²) in [5, 5.41) is 18.7. The Labute approximate surface area is 293 Å². The highest BCUT2D eigenvalue weighted by Gasteiger charge is 2.32. The lowest BCUT2D eigenvalue weighted by Crippen LogP contribution is -2.56. The topological polar surface area (TPSA) is 59.1 Å². The van der Waals surface area contributed by atoms with E-state index in [1.54, 1.807) is 0 Å². The lowest BCUT2D eigenvalue weighted by Gasteiger charge is -2.40. The molecule has 2 unspecified atom stereocenters. The number of furan rings is 1. The van der Waals surface area contributed by atoms with E-state index in [0.717, 1.165) is 49.6 Å². The molecule has 1 aliphatic heterocycles. The van der Waals surface area contributed by atoms with Crippen LogP contribution in [-0.2, 0) is 0 Å². The number of para-hydroxylation sites is 3. The Morgan fingerprint density at radius 3 is 1.75 bits per heavy atom. The summed E-state index contributed by atoms with van der Waals surface area (Å²) in [6.45, 7) is 0. The van der Waals surface area contributed by atoms with Crippen LogP contribution in [0.4, 0.5) is 0 Å². The Morgan fingerprint density at radius 2 is 1.02 bits per heavy atom. The Morgan fingerprint density at radius 1 is 0.431 bits per heavy atom. The first-order valence-corrected chi connectivity index (χ1v) is 17.6. The molecule has 0 spiro atoms. The van der Waals surface area contributed by atoms with E-state index in [1.165, 1.54) is 32.8 Å². The standard InChI is InChI=1S/C45H33N5O/c1-4-14-28(15-5-1)43-46-44(29-16-6-2-7-17-29)48-45(47-43)50-35-22-12-10-21-33(35)39-36(50)27-25-34-40-37(49(41(34)39)30-18-8-3-9-19-30)26-24-32-31-20-11-13-23-38(31)51-42(32)40/h1-27,43-48H. The van der Waals surface area contributed by atoms with Gasteiger partial charge in [-0.3, -0.25) is 16.0 Å². The largest absolute Gasteiger partial charge is 0.455 e. The van der Waals surface area contributed by atoms with Gasteiger partial charge < -0.3 is 13.6 Å². The maximum absolute atomic E-state index is 6.69. The fraction of sp³-hybridized carbons (Fsp3) is 0.0667. The number of nitrogens with zero attached hydrogens (tertiary/aromatic N) is 2. The van der Waals surface area contributed by atoms with Crippen molar-refractivity contribution in [1.29, 1.82) is 0 Å². The van der Waals surface area contributed by atoms with Gasteiger partial charge >= 0.3 is 0 Å². The SMILES string of the molecule is c1ccc(C2NC(c3ccccc3)NC(n3c4ccccc4c4c5c(ccc43)c3c4oc6ccccc6c4ccc3n5-c3ccccc3)N2)cc1. The Kier molecular flexibility index (Phi) is 6.27. The van der Waals surface area contributed by atoms with Crippen molar-refractivity contribution < 1.29 is 4.42 Å². The monoisotopic (exact) mass is 659 g/mol. The summed E-state index contributed by atoms with van der Waals surface area (Å²) in [6.07, 6.45) is -0.391. The van der Waals surface area contributed by atoms with Gasteiger partial charge in [0.25, 0.3) is 0 Å². The predicted molar refractivity (Wildman–Crippen MR) is 208 cm³/mol. The molecule has 1 aliphatic rings. The molecule has 0 bridgehead atoms. The molecule has 51 heavy (non-hydrogen) atoms. The molecule has 1 fully saturated rings. The number of hydrogen-bond donors (Lipinski definition) is 3.